The molecule has 2 aromatic heterocycles. The number of aromatic amines is 1. The number of benzene rings is 1. The number of imidazole rings is 1. The molecular weight excluding hydrogens is 272 g/mol. The van der Waals surface area contributed by atoms with Crippen molar-refractivity contribution < 1.29 is 4.92 Å². The molecule has 0 aliphatic carbocycles. The Hall–Kier alpha value is -2.90. The molecule has 0 amide bonds. The molecule has 3 N–H and O–H groups in total. The fourth-order valence-electron chi connectivity index (χ4n) is 2.22. The molecule has 0 saturated carbocycles. The van der Waals surface area contributed by atoms with Crippen LogP contribution in [-0.2, 0) is 0 Å². The summed E-state index contributed by atoms with van der Waals surface area (Å²) >= 11 is 0. The lowest BCUT2D eigenvalue weighted by molar-refractivity contribution is -0.384. The third-order valence-corrected chi connectivity index (χ3v) is 3.23. The Bertz CT molecular complexity index is 799. The van der Waals surface area contributed by atoms with Gasteiger partial charge in [-0.25, -0.2) is 4.98 Å². The van der Waals surface area contributed by atoms with E-state index in [2.05, 4.69) is 15.1 Å². The number of aromatic nitrogens is 4. The summed E-state index contributed by atoms with van der Waals surface area (Å²) in [5.41, 5.74) is 7.64. The lowest BCUT2D eigenvalue weighted by atomic mass is 10.1. The van der Waals surface area contributed by atoms with E-state index in [4.69, 9.17) is 5.73 Å². The molecule has 0 spiro atoms. The first-order valence-corrected chi connectivity index (χ1v) is 6.47. The summed E-state index contributed by atoms with van der Waals surface area (Å²) in [5.74, 6) is 0.227. The lowest BCUT2D eigenvalue weighted by Gasteiger charge is -1.97. The average molecular weight is 286 g/mol. The van der Waals surface area contributed by atoms with Crippen LogP contribution in [0.4, 0.5) is 11.5 Å². The summed E-state index contributed by atoms with van der Waals surface area (Å²) in [4.78, 5) is 18.1. The molecule has 0 atom stereocenters. The Morgan fingerprint density at radius 3 is 2.67 bits per heavy atom. The standard InChI is InChI=1S/C13H14N6O2/c1-7(2)10-11(19(20)21)12(14)18(17-10)13-15-8-5-3-4-6-9(8)16-13/h3-7H,14H2,1-2H3,(H,15,16). The zero-order valence-electron chi connectivity index (χ0n) is 11.6. The van der Waals surface area contributed by atoms with Crippen molar-refractivity contribution >= 4 is 22.5 Å². The molecular formula is C13H14N6O2. The molecule has 108 valence electrons. The number of hydrogen-bond donors (Lipinski definition) is 2. The van der Waals surface area contributed by atoms with Crippen LogP contribution in [0.3, 0.4) is 0 Å². The minimum absolute atomic E-state index is 0.0252. The third kappa shape index (κ3) is 2.00. The predicted molar refractivity (Wildman–Crippen MR) is 78.4 cm³/mol. The van der Waals surface area contributed by atoms with E-state index in [0.717, 1.165) is 11.0 Å². The Kier molecular flexibility index (Phi) is 2.86. The molecule has 0 aliphatic rings. The molecule has 0 aliphatic heterocycles. The smallest absolute Gasteiger partial charge is 0.334 e. The first kappa shape index (κ1) is 13.1. The largest absolute Gasteiger partial charge is 0.378 e. The number of nitro groups is 1. The number of nitrogen functional groups attached to an aromatic ring is 1. The highest BCUT2D eigenvalue weighted by atomic mass is 16.6. The highest BCUT2D eigenvalue weighted by molar-refractivity contribution is 5.76. The molecule has 3 aromatic rings. The number of nitrogens with one attached hydrogen (secondary N) is 1. The fourth-order valence-corrected chi connectivity index (χ4v) is 2.22. The lowest BCUT2D eigenvalue weighted by Crippen LogP contribution is -2.04. The highest BCUT2D eigenvalue weighted by Gasteiger charge is 2.29. The first-order chi connectivity index (χ1) is 9.99. The van der Waals surface area contributed by atoms with Crippen molar-refractivity contribution in [3.63, 3.8) is 0 Å². The van der Waals surface area contributed by atoms with Crippen molar-refractivity contribution in [3.05, 3.63) is 40.1 Å². The maximum atomic E-state index is 11.2. The van der Waals surface area contributed by atoms with Gasteiger partial charge in [0.1, 0.15) is 5.69 Å². The van der Waals surface area contributed by atoms with Crippen molar-refractivity contribution in [2.24, 2.45) is 0 Å². The maximum absolute atomic E-state index is 11.2. The van der Waals surface area contributed by atoms with E-state index in [1.54, 1.807) is 0 Å². The maximum Gasteiger partial charge on any atom is 0.334 e. The second-order valence-electron chi connectivity index (χ2n) is 5.02. The van der Waals surface area contributed by atoms with Crippen LogP contribution in [0.25, 0.3) is 17.0 Å². The van der Waals surface area contributed by atoms with Crippen LogP contribution in [0, 0.1) is 10.1 Å². The summed E-state index contributed by atoms with van der Waals surface area (Å²) in [6.45, 7) is 3.66. The summed E-state index contributed by atoms with van der Waals surface area (Å²) in [6, 6.07) is 7.44. The molecule has 8 heteroatoms. The number of rotatable bonds is 3. The van der Waals surface area contributed by atoms with Gasteiger partial charge in [-0.1, -0.05) is 26.0 Å². The zero-order valence-corrected chi connectivity index (χ0v) is 11.6. The molecule has 0 unspecified atom stereocenters. The number of nitrogens with zero attached hydrogens (tertiary/aromatic N) is 4. The van der Waals surface area contributed by atoms with Gasteiger partial charge in [0.05, 0.1) is 16.0 Å². The van der Waals surface area contributed by atoms with Crippen molar-refractivity contribution in [2.75, 3.05) is 5.73 Å². The molecule has 2 heterocycles. The van der Waals surface area contributed by atoms with E-state index in [1.807, 2.05) is 38.1 Å². The SMILES string of the molecule is CC(C)c1nn(-c2nc3ccccc3[nH]2)c(N)c1[N+](=O)[O-]. The molecule has 8 nitrogen and oxygen atoms in total. The van der Waals surface area contributed by atoms with E-state index >= 15 is 0 Å². The number of para-hydroxylation sites is 2. The van der Waals surface area contributed by atoms with E-state index < -0.39 is 4.92 Å². The van der Waals surface area contributed by atoms with Gasteiger partial charge in [0, 0.05) is 5.92 Å². The van der Waals surface area contributed by atoms with Crippen LogP contribution >= 0.6 is 0 Å². The van der Waals surface area contributed by atoms with Gasteiger partial charge in [0.25, 0.3) is 0 Å². The fraction of sp³-hybridized carbons (Fsp3) is 0.231. The van der Waals surface area contributed by atoms with Gasteiger partial charge in [0.2, 0.25) is 11.8 Å². The van der Waals surface area contributed by atoms with Gasteiger partial charge in [-0.15, -0.1) is 0 Å². The minimum atomic E-state index is -0.503. The predicted octanol–water partition coefficient (Wildman–Crippen LogP) is 2.36. The van der Waals surface area contributed by atoms with E-state index in [9.17, 15) is 10.1 Å². The van der Waals surface area contributed by atoms with Crippen molar-refractivity contribution in [3.8, 4) is 5.95 Å². The van der Waals surface area contributed by atoms with Crippen molar-refractivity contribution in [2.45, 2.75) is 19.8 Å². The summed E-state index contributed by atoms with van der Waals surface area (Å²) in [5, 5.41) is 15.5. The average Bonchev–Trinajstić information content (AvgIpc) is 2.98. The van der Waals surface area contributed by atoms with Gasteiger partial charge < -0.3 is 10.7 Å². The number of H-pyrrole nitrogens is 1. The molecule has 0 saturated heterocycles. The topological polar surface area (TPSA) is 116 Å². The highest BCUT2D eigenvalue weighted by Crippen LogP contribution is 2.32. The van der Waals surface area contributed by atoms with Gasteiger partial charge in [-0.05, 0) is 12.1 Å². The van der Waals surface area contributed by atoms with E-state index in [1.165, 1.54) is 4.68 Å². The quantitative estimate of drug-likeness (QED) is 0.566. The van der Waals surface area contributed by atoms with Gasteiger partial charge in [-0.3, -0.25) is 10.1 Å². The van der Waals surface area contributed by atoms with Crippen LogP contribution in [-0.4, -0.2) is 24.7 Å². The Balaban J connectivity index is 2.22. The second-order valence-corrected chi connectivity index (χ2v) is 5.02. The second kappa shape index (κ2) is 4.58. The molecule has 0 fully saturated rings. The van der Waals surface area contributed by atoms with Gasteiger partial charge in [0.15, 0.2) is 0 Å². The van der Waals surface area contributed by atoms with Crippen molar-refractivity contribution in [1.82, 2.24) is 19.7 Å². The summed E-state index contributed by atoms with van der Waals surface area (Å²) in [6.07, 6.45) is 0. The molecule has 0 radical (unpaired) electrons. The number of nitrogens with two attached hydrogens (primary N) is 1. The Morgan fingerprint density at radius 2 is 2.10 bits per heavy atom. The summed E-state index contributed by atoms with van der Waals surface area (Å²) < 4.78 is 1.29. The van der Waals surface area contributed by atoms with Crippen LogP contribution in [0.15, 0.2) is 24.3 Å². The molecule has 21 heavy (non-hydrogen) atoms. The van der Waals surface area contributed by atoms with Gasteiger partial charge in [-0.2, -0.15) is 9.78 Å². The van der Waals surface area contributed by atoms with Crippen molar-refractivity contribution in [1.29, 1.82) is 0 Å². The number of anilines is 1. The van der Waals surface area contributed by atoms with Crippen LogP contribution < -0.4 is 5.73 Å². The zero-order chi connectivity index (χ0) is 15.1. The van der Waals surface area contributed by atoms with E-state index in [-0.39, 0.29) is 17.4 Å². The van der Waals surface area contributed by atoms with Gasteiger partial charge >= 0.3 is 5.69 Å². The normalized spacial score (nSPS) is 11.4. The molecule has 0 bridgehead atoms. The Morgan fingerprint density at radius 1 is 1.38 bits per heavy atom. The van der Waals surface area contributed by atoms with E-state index in [0.29, 0.717) is 11.6 Å². The molecule has 1 aromatic carbocycles. The number of fused-ring (bicyclic) bond motifs is 1. The minimum Gasteiger partial charge on any atom is -0.378 e. The Labute approximate surface area is 119 Å². The monoisotopic (exact) mass is 286 g/mol. The van der Waals surface area contributed by atoms with Crippen LogP contribution in [0.1, 0.15) is 25.5 Å². The molecule has 3 rings (SSSR count). The van der Waals surface area contributed by atoms with Crippen LogP contribution in [0.2, 0.25) is 0 Å². The first-order valence-electron chi connectivity index (χ1n) is 6.47. The summed E-state index contributed by atoms with van der Waals surface area (Å²) in [7, 11) is 0. The third-order valence-electron chi connectivity index (χ3n) is 3.23. The van der Waals surface area contributed by atoms with Crippen LogP contribution in [0.5, 0.6) is 0 Å². The number of hydrogen-bond acceptors (Lipinski definition) is 5.